The molecule has 1 aromatic carbocycles. The molecule has 2 N–H and O–H groups in total. The van der Waals surface area contributed by atoms with Crippen molar-refractivity contribution in [2.45, 2.75) is 46.6 Å². The van der Waals surface area contributed by atoms with Crippen molar-refractivity contribution in [3.05, 3.63) is 35.4 Å². The molecule has 1 heterocycles. The van der Waals surface area contributed by atoms with Gasteiger partial charge in [-0.25, -0.2) is 4.79 Å². The lowest BCUT2D eigenvalue weighted by Gasteiger charge is -2.24. The Morgan fingerprint density at radius 1 is 1.12 bits per heavy atom. The second kappa shape index (κ2) is 8.99. The van der Waals surface area contributed by atoms with Crippen LogP contribution in [0.5, 0.6) is 0 Å². The molecule has 25 heavy (non-hydrogen) atoms. The lowest BCUT2D eigenvalue weighted by atomic mass is 9.93. The molecule has 1 aliphatic rings. The van der Waals surface area contributed by atoms with Gasteiger partial charge in [-0.05, 0) is 42.3 Å². The molecule has 1 aromatic rings. The van der Waals surface area contributed by atoms with Gasteiger partial charge in [0.25, 0.3) is 0 Å². The van der Waals surface area contributed by atoms with E-state index in [1.54, 1.807) is 0 Å². The SMILES string of the molecule is CC(C)Cc1ccc(C(NCCCN2C(=O)CNC2=O)C(C)C)cc1. The normalized spacial score (nSPS) is 16.0. The van der Waals surface area contributed by atoms with Gasteiger partial charge in [-0.2, -0.15) is 0 Å². The van der Waals surface area contributed by atoms with Crippen molar-refractivity contribution in [3.8, 4) is 0 Å². The van der Waals surface area contributed by atoms with Gasteiger partial charge in [-0.3, -0.25) is 9.69 Å². The number of benzene rings is 1. The van der Waals surface area contributed by atoms with Crippen molar-refractivity contribution in [1.29, 1.82) is 0 Å². The zero-order valence-electron chi connectivity index (χ0n) is 15.8. The van der Waals surface area contributed by atoms with Crippen LogP contribution in [0.25, 0.3) is 0 Å². The minimum Gasteiger partial charge on any atom is -0.329 e. The monoisotopic (exact) mass is 345 g/mol. The summed E-state index contributed by atoms with van der Waals surface area (Å²) in [4.78, 5) is 24.4. The van der Waals surface area contributed by atoms with Crippen LogP contribution in [0.15, 0.2) is 24.3 Å². The molecule has 0 aromatic heterocycles. The third-order valence-electron chi connectivity index (χ3n) is 4.51. The summed E-state index contributed by atoms with van der Waals surface area (Å²) >= 11 is 0. The standard InChI is InChI=1S/C20H31N3O2/c1-14(2)12-16-6-8-17(9-7-16)19(15(3)4)21-10-5-11-23-18(24)13-22-20(23)25/h6-9,14-15,19,21H,5,10-13H2,1-4H3,(H,22,25). The number of carbonyl (C=O) groups is 2. The van der Waals surface area contributed by atoms with Crippen LogP contribution in [0.2, 0.25) is 0 Å². The molecule has 0 spiro atoms. The Morgan fingerprint density at radius 2 is 1.80 bits per heavy atom. The van der Waals surface area contributed by atoms with E-state index in [0.717, 1.165) is 19.4 Å². The van der Waals surface area contributed by atoms with Crippen molar-refractivity contribution in [2.75, 3.05) is 19.6 Å². The van der Waals surface area contributed by atoms with E-state index >= 15 is 0 Å². The summed E-state index contributed by atoms with van der Waals surface area (Å²) in [6, 6.07) is 8.88. The zero-order chi connectivity index (χ0) is 18.4. The molecule has 1 saturated heterocycles. The zero-order valence-corrected chi connectivity index (χ0v) is 15.8. The average Bonchev–Trinajstić information content (AvgIpc) is 2.86. The van der Waals surface area contributed by atoms with Gasteiger partial charge >= 0.3 is 6.03 Å². The quantitative estimate of drug-likeness (QED) is 0.534. The van der Waals surface area contributed by atoms with Crippen LogP contribution in [-0.2, 0) is 11.2 Å². The minimum atomic E-state index is -0.272. The summed E-state index contributed by atoms with van der Waals surface area (Å²) in [7, 11) is 0. The van der Waals surface area contributed by atoms with E-state index in [1.165, 1.54) is 16.0 Å². The Morgan fingerprint density at radius 3 is 2.32 bits per heavy atom. The maximum atomic E-state index is 11.6. The smallest absolute Gasteiger partial charge is 0.324 e. The van der Waals surface area contributed by atoms with Crippen LogP contribution in [0.4, 0.5) is 4.79 Å². The molecule has 138 valence electrons. The van der Waals surface area contributed by atoms with Crippen LogP contribution in [0.3, 0.4) is 0 Å². The highest BCUT2D eigenvalue weighted by Crippen LogP contribution is 2.22. The van der Waals surface area contributed by atoms with E-state index in [9.17, 15) is 9.59 Å². The Kier molecular flexibility index (Phi) is 7.00. The Bertz CT molecular complexity index is 565. The first kappa shape index (κ1) is 19.4. The van der Waals surface area contributed by atoms with E-state index in [4.69, 9.17) is 0 Å². The fourth-order valence-corrected chi connectivity index (χ4v) is 3.25. The first-order valence-electron chi connectivity index (χ1n) is 9.29. The summed E-state index contributed by atoms with van der Waals surface area (Å²) < 4.78 is 0. The molecule has 1 atom stereocenters. The molecular formula is C20H31N3O2. The number of carbonyl (C=O) groups excluding carboxylic acids is 2. The number of amides is 3. The fraction of sp³-hybridized carbons (Fsp3) is 0.600. The lowest BCUT2D eigenvalue weighted by molar-refractivity contribution is -0.125. The van der Waals surface area contributed by atoms with Gasteiger partial charge in [-0.1, -0.05) is 52.0 Å². The van der Waals surface area contributed by atoms with E-state index in [2.05, 4.69) is 62.6 Å². The van der Waals surface area contributed by atoms with Crippen LogP contribution in [0.1, 0.15) is 51.3 Å². The van der Waals surface area contributed by atoms with Crippen molar-refractivity contribution < 1.29 is 9.59 Å². The summed E-state index contributed by atoms with van der Waals surface area (Å²) in [6.45, 7) is 10.2. The first-order chi connectivity index (χ1) is 11.9. The second-order valence-electron chi connectivity index (χ2n) is 7.57. The molecule has 2 rings (SSSR count). The first-order valence-corrected chi connectivity index (χ1v) is 9.29. The van der Waals surface area contributed by atoms with Crippen molar-refractivity contribution in [3.63, 3.8) is 0 Å². The van der Waals surface area contributed by atoms with Gasteiger partial charge in [0.1, 0.15) is 0 Å². The van der Waals surface area contributed by atoms with Gasteiger partial charge in [0, 0.05) is 12.6 Å². The Labute approximate surface area is 151 Å². The number of rotatable bonds is 9. The minimum absolute atomic E-state index is 0.129. The van der Waals surface area contributed by atoms with Gasteiger partial charge in [0.2, 0.25) is 5.91 Å². The number of urea groups is 1. The molecule has 1 aliphatic heterocycles. The van der Waals surface area contributed by atoms with Crippen molar-refractivity contribution >= 4 is 11.9 Å². The van der Waals surface area contributed by atoms with Crippen LogP contribution in [0, 0.1) is 11.8 Å². The number of nitrogens with zero attached hydrogens (tertiary/aromatic N) is 1. The topological polar surface area (TPSA) is 61.4 Å². The summed E-state index contributed by atoms with van der Waals surface area (Å²) in [6.07, 6.45) is 1.86. The van der Waals surface area contributed by atoms with Crippen LogP contribution >= 0.6 is 0 Å². The average molecular weight is 345 g/mol. The molecule has 0 saturated carbocycles. The highest BCUT2D eigenvalue weighted by molar-refractivity contribution is 6.01. The predicted octanol–water partition coefficient (Wildman–Crippen LogP) is 3.11. The van der Waals surface area contributed by atoms with Gasteiger partial charge in [0.15, 0.2) is 0 Å². The predicted molar refractivity (Wildman–Crippen MR) is 100 cm³/mol. The largest absolute Gasteiger partial charge is 0.329 e. The molecule has 5 nitrogen and oxygen atoms in total. The highest BCUT2D eigenvalue weighted by Gasteiger charge is 2.27. The maximum Gasteiger partial charge on any atom is 0.324 e. The van der Waals surface area contributed by atoms with E-state index in [1.807, 2.05) is 0 Å². The molecule has 0 bridgehead atoms. The van der Waals surface area contributed by atoms with Gasteiger partial charge in [0.05, 0.1) is 6.54 Å². The highest BCUT2D eigenvalue weighted by atomic mass is 16.2. The van der Waals surface area contributed by atoms with Gasteiger partial charge in [-0.15, -0.1) is 0 Å². The summed E-state index contributed by atoms with van der Waals surface area (Å²) in [5.41, 5.74) is 2.66. The molecule has 5 heteroatoms. The number of hydrogen-bond donors (Lipinski definition) is 2. The Hall–Kier alpha value is -1.88. The van der Waals surface area contributed by atoms with Crippen molar-refractivity contribution in [1.82, 2.24) is 15.5 Å². The van der Waals surface area contributed by atoms with Gasteiger partial charge < -0.3 is 10.6 Å². The van der Waals surface area contributed by atoms with E-state index in [-0.39, 0.29) is 24.5 Å². The van der Waals surface area contributed by atoms with Crippen molar-refractivity contribution in [2.24, 2.45) is 11.8 Å². The van der Waals surface area contributed by atoms with Crippen LogP contribution in [-0.4, -0.2) is 36.5 Å². The second-order valence-corrected chi connectivity index (χ2v) is 7.57. The molecule has 3 amide bonds. The fourth-order valence-electron chi connectivity index (χ4n) is 3.25. The molecular weight excluding hydrogens is 314 g/mol. The Balaban J connectivity index is 1.86. The number of imide groups is 1. The number of hydrogen-bond acceptors (Lipinski definition) is 3. The molecule has 0 aliphatic carbocycles. The third-order valence-corrected chi connectivity index (χ3v) is 4.51. The lowest BCUT2D eigenvalue weighted by Crippen LogP contribution is -2.34. The van der Waals surface area contributed by atoms with E-state index < -0.39 is 0 Å². The third kappa shape index (κ3) is 5.56. The van der Waals surface area contributed by atoms with E-state index in [0.29, 0.717) is 18.4 Å². The maximum absolute atomic E-state index is 11.6. The molecule has 1 unspecified atom stereocenters. The summed E-state index contributed by atoms with van der Waals surface area (Å²) in [5, 5.41) is 6.13. The number of nitrogens with one attached hydrogen (secondary N) is 2. The van der Waals surface area contributed by atoms with Crippen LogP contribution < -0.4 is 10.6 Å². The summed E-state index contributed by atoms with van der Waals surface area (Å²) in [5.74, 6) is 0.995. The molecule has 0 radical (unpaired) electrons. The molecule has 1 fully saturated rings.